The van der Waals surface area contributed by atoms with E-state index in [1.165, 1.54) is 32.4 Å². The van der Waals surface area contributed by atoms with Crippen LogP contribution >= 0.6 is 0 Å². The zero-order chi connectivity index (χ0) is 22.4. The van der Waals surface area contributed by atoms with Gasteiger partial charge in [0.15, 0.2) is 11.5 Å². The van der Waals surface area contributed by atoms with Gasteiger partial charge in [0.2, 0.25) is 0 Å². The van der Waals surface area contributed by atoms with Gasteiger partial charge >= 0.3 is 11.9 Å². The van der Waals surface area contributed by atoms with Crippen LogP contribution in [0.25, 0.3) is 11.0 Å². The highest BCUT2D eigenvalue weighted by atomic mass is 16.5. The molecule has 2 N–H and O–H groups in total. The van der Waals surface area contributed by atoms with Crippen LogP contribution in [-0.4, -0.2) is 48.6 Å². The number of amides is 1. The molecule has 0 saturated carbocycles. The zero-order valence-corrected chi connectivity index (χ0v) is 17.4. The predicted octanol–water partition coefficient (Wildman–Crippen LogP) is 3.28. The smallest absolute Gasteiger partial charge is 0.337 e. The summed E-state index contributed by atoms with van der Waals surface area (Å²) >= 11 is 0. The number of nitrogens with one attached hydrogen (secondary N) is 2. The number of aromatic nitrogens is 2. The van der Waals surface area contributed by atoms with E-state index in [0.717, 1.165) is 6.42 Å². The maximum atomic E-state index is 13.1. The maximum Gasteiger partial charge on any atom is 0.337 e. The molecule has 0 atom stereocenters. The molecule has 0 radical (unpaired) electrons. The topological polar surface area (TPSA) is 120 Å². The fraction of sp³-hybridized carbons (Fsp3) is 0.227. The Morgan fingerprint density at radius 2 is 1.48 bits per heavy atom. The molecule has 0 aliphatic rings. The lowest BCUT2D eigenvalue weighted by atomic mass is 10.1. The van der Waals surface area contributed by atoms with Crippen LogP contribution in [0.1, 0.15) is 44.5 Å². The van der Waals surface area contributed by atoms with Gasteiger partial charge in [-0.05, 0) is 36.8 Å². The average Bonchev–Trinajstić information content (AvgIpc) is 2.80. The number of fused-ring (bicyclic) bond motifs is 1. The number of hydrogen-bond donors (Lipinski definition) is 2. The van der Waals surface area contributed by atoms with Crippen LogP contribution in [0.4, 0.5) is 11.5 Å². The highest BCUT2D eigenvalue weighted by Gasteiger charge is 2.19. The number of nitrogens with zero attached hydrogens (tertiary/aromatic N) is 2. The van der Waals surface area contributed by atoms with E-state index in [1.807, 2.05) is 19.1 Å². The Kier molecular flexibility index (Phi) is 6.76. The van der Waals surface area contributed by atoms with E-state index in [9.17, 15) is 14.4 Å². The lowest BCUT2D eigenvalue weighted by molar-refractivity contribution is 0.0599. The van der Waals surface area contributed by atoms with E-state index in [1.54, 1.807) is 12.1 Å². The van der Waals surface area contributed by atoms with Crippen LogP contribution in [0, 0.1) is 0 Å². The summed E-state index contributed by atoms with van der Waals surface area (Å²) in [6.45, 7) is 2.60. The Morgan fingerprint density at radius 3 is 2.03 bits per heavy atom. The van der Waals surface area contributed by atoms with Crippen LogP contribution in [0.15, 0.2) is 42.5 Å². The number of ether oxygens (including phenoxy) is 2. The van der Waals surface area contributed by atoms with Gasteiger partial charge < -0.3 is 20.1 Å². The molecular weight excluding hydrogens is 400 g/mol. The summed E-state index contributed by atoms with van der Waals surface area (Å²) in [4.78, 5) is 46.0. The van der Waals surface area contributed by atoms with E-state index in [0.29, 0.717) is 23.4 Å². The maximum absolute atomic E-state index is 13.1. The van der Waals surface area contributed by atoms with Crippen molar-refractivity contribution in [3.05, 3.63) is 59.3 Å². The van der Waals surface area contributed by atoms with Gasteiger partial charge in [-0.1, -0.05) is 19.1 Å². The summed E-state index contributed by atoms with van der Waals surface area (Å²) in [5, 5.41) is 5.80. The minimum absolute atomic E-state index is 0.0922. The molecule has 1 amide bonds. The summed E-state index contributed by atoms with van der Waals surface area (Å²) in [5.74, 6) is -1.51. The van der Waals surface area contributed by atoms with Crippen LogP contribution < -0.4 is 10.6 Å². The van der Waals surface area contributed by atoms with E-state index in [2.05, 4.69) is 20.6 Å². The number of esters is 2. The monoisotopic (exact) mass is 422 g/mol. The van der Waals surface area contributed by atoms with Crippen molar-refractivity contribution in [2.75, 3.05) is 31.4 Å². The van der Waals surface area contributed by atoms with Gasteiger partial charge in [0.25, 0.3) is 5.91 Å². The van der Waals surface area contributed by atoms with Crippen LogP contribution in [0.2, 0.25) is 0 Å². The number of benzene rings is 2. The van der Waals surface area contributed by atoms with Gasteiger partial charge in [-0.2, -0.15) is 0 Å². The van der Waals surface area contributed by atoms with Crippen LogP contribution in [0.3, 0.4) is 0 Å². The number of hydrogen-bond acceptors (Lipinski definition) is 8. The highest BCUT2D eigenvalue weighted by molar-refractivity contribution is 6.08. The second-order valence-electron chi connectivity index (χ2n) is 6.57. The Hall–Kier alpha value is -4.01. The Bertz CT molecular complexity index is 1110. The molecule has 0 bridgehead atoms. The fourth-order valence-corrected chi connectivity index (χ4v) is 2.89. The van der Waals surface area contributed by atoms with Crippen molar-refractivity contribution in [2.45, 2.75) is 13.3 Å². The zero-order valence-electron chi connectivity index (χ0n) is 17.4. The first-order valence-corrected chi connectivity index (χ1v) is 9.60. The van der Waals surface area contributed by atoms with E-state index < -0.39 is 17.8 Å². The number of methoxy groups -OCH3 is 2. The van der Waals surface area contributed by atoms with E-state index in [4.69, 9.17) is 9.47 Å². The van der Waals surface area contributed by atoms with Crippen LogP contribution in [0.5, 0.6) is 0 Å². The quantitative estimate of drug-likeness (QED) is 0.557. The number of anilines is 2. The average molecular weight is 422 g/mol. The highest BCUT2D eigenvalue weighted by Crippen LogP contribution is 2.21. The normalized spacial score (nSPS) is 10.4. The van der Waals surface area contributed by atoms with E-state index in [-0.39, 0.29) is 22.5 Å². The number of para-hydroxylation sites is 2. The van der Waals surface area contributed by atoms with Crippen molar-refractivity contribution in [1.82, 2.24) is 9.97 Å². The molecule has 3 rings (SSSR count). The summed E-state index contributed by atoms with van der Waals surface area (Å²) in [6.07, 6.45) is 0.833. The van der Waals surface area contributed by atoms with Gasteiger partial charge in [0.05, 0.1) is 36.4 Å². The number of rotatable bonds is 7. The summed E-state index contributed by atoms with van der Waals surface area (Å²) < 4.78 is 9.45. The first kappa shape index (κ1) is 21.7. The molecule has 3 aromatic rings. The third-order valence-electron chi connectivity index (χ3n) is 4.36. The molecule has 0 spiro atoms. The van der Waals surface area contributed by atoms with Crippen molar-refractivity contribution < 1.29 is 23.9 Å². The lowest BCUT2D eigenvalue weighted by Gasteiger charge is -2.13. The first-order valence-electron chi connectivity index (χ1n) is 9.60. The molecule has 0 saturated heterocycles. The Labute approximate surface area is 178 Å². The Balaban J connectivity index is 2.01. The third kappa shape index (κ3) is 4.95. The molecule has 0 aliphatic heterocycles. The minimum atomic E-state index is -0.656. The van der Waals surface area contributed by atoms with Crippen molar-refractivity contribution in [1.29, 1.82) is 0 Å². The summed E-state index contributed by atoms with van der Waals surface area (Å²) in [7, 11) is 2.45. The number of carbonyl (C=O) groups is 3. The second-order valence-corrected chi connectivity index (χ2v) is 6.57. The molecule has 2 aromatic carbocycles. The largest absolute Gasteiger partial charge is 0.465 e. The Morgan fingerprint density at radius 1 is 0.903 bits per heavy atom. The molecule has 0 unspecified atom stereocenters. The molecule has 0 fully saturated rings. The van der Waals surface area contributed by atoms with Gasteiger partial charge in [0, 0.05) is 12.2 Å². The molecule has 9 nitrogen and oxygen atoms in total. The van der Waals surface area contributed by atoms with E-state index >= 15 is 0 Å². The molecule has 31 heavy (non-hydrogen) atoms. The van der Waals surface area contributed by atoms with Crippen molar-refractivity contribution in [3.63, 3.8) is 0 Å². The molecule has 9 heteroatoms. The van der Waals surface area contributed by atoms with Crippen molar-refractivity contribution in [2.24, 2.45) is 0 Å². The van der Waals surface area contributed by atoms with Gasteiger partial charge in [-0.3, -0.25) is 4.79 Å². The minimum Gasteiger partial charge on any atom is -0.465 e. The van der Waals surface area contributed by atoms with Gasteiger partial charge in [-0.25, -0.2) is 19.6 Å². The molecule has 1 heterocycles. The SMILES string of the molecule is CCCNc1nc2ccccc2nc1C(=O)Nc1cc(C(=O)OC)cc(C(=O)OC)c1. The molecule has 160 valence electrons. The van der Waals surface area contributed by atoms with Crippen molar-refractivity contribution in [3.8, 4) is 0 Å². The summed E-state index contributed by atoms with van der Waals surface area (Å²) in [6, 6.07) is 11.4. The standard InChI is InChI=1S/C22H22N4O5/c1-4-9-23-19-18(25-16-7-5-6-8-17(16)26-19)20(27)24-15-11-13(21(28)30-2)10-14(12-15)22(29)31-3/h5-8,10-12H,4,9H2,1-3H3,(H,23,26)(H,24,27). The van der Waals surface area contributed by atoms with Gasteiger partial charge in [0.1, 0.15) is 0 Å². The third-order valence-corrected chi connectivity index (χ3v) is 4.36. The fourth-order valence-electron chi connectivity index (χ4n) is 2.89. The molecule has 1 aromatic heterocycles. The number of carbonyl (C=O) groups excluding carboxylic acids is 3. The predicted molar refractivity (Wildman–Crippen MR) is 115 cm³/mol. The molecule has 0 aliphatic carbocycles. The van der Waals surface area contributed by atoms with Gasteiger partial charge in [-0.15, -0.1) is 0 Å². The first-order chi connectivity index (χ1) is 15.0. The molecular formula is C22H22N4O5. The second kappa shape index (κ2) is 9.66. The van der Waals surface area contributed by atoms with Crippen molar-refractivity contribution >= 4 is 40.4 Å². The summed E-state index contributed by atoms with van der Waals surface area (Å²) in [5.41, 5.74) is 1.70. The van der Waals surface area contributed by atoms with Crippen LogP contribution in [-0.2, 0) is 9.47 Å². The lowest BCUT2D eigenvalue weighted by Crippen LogP contribution is -2.19.